The summed E-state index contributed by atoms with van der Waals surface area (Å²) in [6, 6.07) is 2.79. The molecule has 1 aliphatic carbocycles. The van der Waals surface area contributed by atoms with Gasteiger partial charge < -0.3 is 5.11 Å². The van der Waals surface area contributed by atoms with Gasteiger partial charge in [-0.15, -0.1) is 0 Å². The van der Waals surface area contributed by atoms with Crippen LogP contribution in [0.4, 0.5) is 4.39 Å². The van der Waals surface area contributed by atoms with Crippen molar-refractivity contribution in [3.8, 4) is 0 Å². The molecule has 0 aromatic heterocycles. The molecule has 0 atom stereocenters. The SMILES string of the molecule is Cc1cc(C(=O)O)c(F)cc1C1CC1. The average Bonchev–Trinajstić information content (AvgIpc) is 2.91. The summed E-state index contributed by atoms with van der Waals surface area (Å²) in [5.74, 6) is -1.37. The number of aromatic carboxylic acids is 1. The Labute approximate surface area is 81.4 Å². The van der Waals surface area contributed by atoms with E-state index in [4.69, 9.17) is 5.11 Å². The minimum atomic E-state index is -1.20. The minimum absolute atomic E-state index is 0.230. The van der Waals surface area contributed by atoms with E-state index in [1.165, 1.54) is 12.1 Å². The van der Waals surface area contributed by atoms with Crippen molar-refractivity contribution in [3.63, 3.8) is 0 Å². The zero-order chi connectivity index (χ0) is 10.3. The first-order chi connectivity index (χ1) is 6.59. The summed E-state index contributed by atoms with van der Waals surface area (Å²) in [6.45, 7) is 1.83. The summed E-state index contributed by atoms with van der Waals surface area (Å²) in [4.78, 5) is 10.6. The van der Waals surface area contributed by atoms with E-state index in [0.717, 1.165) is 24.0 Å². The first kappa shape index (κ1) is 9.19. The van der Waals surface area contributed by atoms with Gasteiger partial charge >= 0.3 is 5.97 Å². The third kappa shape index (κ3) is 1.50. The van der Waals surface area contributed by atoms with Crippen molar-refractivity contribution >= 4 is 5.97 Å². The van der Waals surface area contributed by atoms with Crippen LogP contribution in [-0.4, -0.2) is 11.1 Å². The number of hydrogen-bond donors (Lipinski definition) is 1. The second kappa shape index (κ2) is 3.08. The van der Waals surface area contributed by atoms with Gasteiger partial charge in [-0.05, 0) is 48.9 Å². The van der Waals surface area contributed by atoms with Crippen LogP contribution in [0.1, 0.15) is 40.2 Å². The van der Waals surface area contributed by atoms with Gasteiger partial charge in [0.25, 0.3) is 0 Å². The largest absolute Gasteiger partial charge is 0.478 e. The molecule has 1 aliphatic rings. The highest BCUT2D eigenvalue weighted by atomic mass is 19.1. The molecular formula is C11H11FO2. The summed E-state index contributed by atoms with van der Waals surface area (Å²) >= 11 is 0. The number of halogens is 1. The Morgan fingerprint density at radius 2 is 2.14 bits per heavy atom. The molecule has 1 aromatic carbocycles. The highest BCUT2D eigenvalue weighted by Crippen LogP contribution is 2.42. The number of rotatable bonds is 2. The molecule has 0 bridgehead atoms. The predicted octanol–water partition coefficient (Wildman–Crippen LogP) is 2.71. The van der Waals surface area contributed by atoms with Gasteiger partial charge in [-0.1, -0.05) is 0 Å². The number of aryl methyl sites for hydroxylation is 1. The molecule has 1 N–H and O–H groups in total. The van der Waals surface area contributed by atoms with Crippen LogP contribution in [0, 0.1) is 12.7 Å². The Hall–Kier alpha value is -1.38. The molecule has 0 aliphatic heterocycles. The Morgan fingerprint density at radius 1 is 1.50 bits per heavy atom. The molecule has 2 rings (SSSR count). The van der Waals surface area contributed by atoms with Crippen LogP contribution < -0.4 is 0 Å². The van der Waals surface area contributed by atoms with Crippen molar-refractivity contribution in [2.24, 2.45) is 0 Å². The second-order valence-corrected chi connectivity index (χ2v) is 3.77. The third-order valence-electron chi connectivity index (χ3n) is 2.60. The molecule has 1 fully saturated rings. The molecule has 0 unspecified atom stereocenters. The smallest absolute Gasteiger partial charge is 0.338 e. The molecule has 1 saturated carbocycles. The average molecular weight is 194 g/mol. The van der Waals surface area contributed by atoms with E-state index < -0.39 is 11.8 Å². The molecule has 2 nitrogen and oxygen atoms in total. The van der Waals surface area contributed by atoms with Gasteiger partial charge in [-0.25, -0.2) is 9.18 Å². The van der Waals surface area contributed by atoms with Crippen LogP contribution in [0.15, 0.2) is 12.1 Å². The molecule has 1 aromatic rings. The lowest BCUT2D eigenvalue weighted by molar-refractivity contribution is 0.0691. The van der Waals surface area contributed by atoms with Crippen LogP contribution in [0.25, 0.3) is 0 Å². The zero-order valence-corrected chi connectivity index (χ0v) is 7.88. The van der Waals surface area contributed by atoms with Crippen molar-refractivity contribution in [1.82, 2.24) is 0 Å². The Balaban J connectivity index is 2.48. The van der Waals surface area contributed by atoms with Gasteiger partial charge in [-0.2, -0.15) is 0 Å². The van der Waals surface area contributed by atoms with E-state index >= 15 is 0 Å². The lowest BCUT2D eigenvalue weighted by Gasteiger charge is -2.06. The fourth-order valence-electron chi connectivity index (χ4n) is 1.69. The quantitative estimate of drug-likeness (QED) is 0.785. The second-order valence-electron chi connectivity index (χ2n) is 3.77. The van der Waals surface area contributed by atoms with Crippen LogP contribution in [-0.2, 0) is 0 Å². The molecule has 0 radical (unpaired) electrons. The molecule has 3 heteroatoms. The Bertz CT molecular complexity index is 395. The molecule has 74 valence electrons. The maximum atomic E-state index is 13.3. The maximum absolute atomic E-state index is 13.3. The van der Waals surface area contributed by atoms with Gasteiger partial charge in [0.1, 0.15) is 5.82 Å². The van der Waals surface area contributed by atoms with Gasteiger partial charge in [0.2, 0.25) is 0 Å². The van der Waals surface area contributed by atoms with Crippen molar-refractivity contribution in [3.05, 3.63) is 34.6 Å². The third-order valence-corrected chi connectivity index (χ3v) is 2.60. The monoisotopic (exact) mass is 194 g/mol. The fourth-order valence-corrected chi connectivity index (χ4v) is 1.69. The summed E-state index contributed by atoms with van der Waals surface area (Å²) in [7, 11) is 0. The first-order valence-corrected chi connectivity index (χ1v) is 4.63. The molecule has 0 spiro atoms. The summed E-state index contributed by atoms with van der Waals surface area (Å²) in [5, 5.41) is 8.70. The van der Waals surface area contributed by atoms with Crippen molar-refractivity contribution in [2.45, 2.75) is 25.7 Å². The molecule has 0 amide bonds. The Kier molecular flexibility index (Phi) is 2.02. The van der Waals surface area contributed by atoms with Crippen LogP contribution in [0.2, 0.25) is 0 Å². The number of carboxylic acid groups (broad SMARTS) is 1. The topological polar surface area (TPSA) is 37.3 Å². The summed E-state index contributed by atoms with van der Waals surface area (Å²) in [6.07, 6.45) is 2.18. The standard InChI is InChI=1S/C11H11FO2/c1-6-4-9(11(13)14)10(12)5-8(6)7-2-3-7/h4-5,7H,2-3H2,1H3,(H,13,14). The van der Waals surface area contributed by atoms with Crippen LogP contribution in [0.3, 0.4) is 0 Å². The van der Waals surface area contributed by atoms with Gasteiger partial charge in [0.05, 0.1) is 5.56 Å². The van der Waals surface area contributed by atoms with Crippen LogP contribution in [0.5, 0.6) is 0 Å². The number of benzene rings is 1. The lowest BCUT2D eigenvalue weighted by Crippen LogP contribution is -2.02. The van der Waals surface area contributed by atoms with E-state index in [9.17, 15) is 9.18 Å². The minimum Gasteiger partial charge on any atom is -0.478 e. The first-order valence-electron chi connectivity index (χ1n) is 4.63. The number of carbonyl (C=O) groups is 1. The Morgan fingerprint density at radius 3 is 2.64 bits per heavy atom. The maximum Gasteiger partial charge on any atom is 0.338 e. The van der Waals surface area contributed by atoms with E-state index in [1.807, 2.05) is 6.92 Å². The van der Waals surface area contributed by atoms with E-state index in [1.54, 1.807) is 0 Å². The lowest BCUT2D eigenvalue weighted by atomic mass is 10.0. The van der Waals surface area contributed by atoms with Crippen LogP contribution >= 0.6 is 0 Å². The van der Waals surface area contributed by atoms with Crippen molar-refractivity contribution in [1.29, 1.82) is 0 Å². The number of carboxylic acids is 1. The zero-order valence-electron chi connectivity index (χ0n) is 7.88. The van der Waals surface area contributed by atoms with Gasteiger partial charge in [0, 0.05) is 0 Å². The molecule has 14 heavy (non-hydrogen) atoms. The predicted molar refractivity (Wildman–Crippen MR) is 50.1 cm³/mol. The summed E-state index contributed by atoms with van der Waals surface area (Å²) < 4.78 is 13.3. The van der Waals surface area contributed by atoms with Gasteiger partial charge in [0.15, 0.2) is 0 Å². The van der Waals surface area contributed by atoms with E-state index in [-0.39, 0.29) is 5.56 Å². The summed E-state index contributed by atoms with van der Waals surface area (Å²) in [5.41, 5.74) is 1.62. The highest BCUT2D eigenvalue weighted by Gasteiger charge is 2.26. The normalized spacial score (nSPS) is 15.6. The number of hydrogen-bond acceptors (Lipinski definition) is 1. The van der Waals surface area contributed by atoms with Crippen molar-refractivity contribution in [2.75, 3.05) is 0 Å². The fraction of sp³-hybridized carbons (Fsp3) is 0.364. The molecule has 0 saturated heterocycles. The molecule has 0 heterocycles. The van der Waals surface area contributed by atoms with Gasteiger partial charge in [-0.3, -0.25) is 0 Å². The molecular weight excluding hydrogens is 183 g/mol. The van der Waals surface area contributed by atoms with Crippen molar-refractivity contribution < 1.29 is 14.3 Å². The van der Waals surface area contributed by atoms with E-state index in [0.29, 0.717) is 5.92 Å². The van der Waals surface area contributed by atoms with E-state index in [2.05, 4.69) is 0 Å². The highest BCUT2D eigenvalue weighted by molar-refractivity contribution is 5.88.